The van der Waals surface area contributed by atoms with Gasteiger partial charge in [-0.1, -0.05) is 29.8 Å². The highest BCUT2D eigenvalue weighted by Crippen LogP contribution is 2.30. The summed E-state index contributed by atoms with van der Waals surface area (Å²) in [5, 5.41) is 5.03. The van der Waals surface area contributed by atoms with Gasteiger partial charge in [0, 0.05) is 10.6 Å². The Morgan fingerprint density at radius 1 is 1.55 bits per heavy atom. The molecule has 0 saturated heterocycles. The van der Waals surface area contributed by atoms with E-state index in [9.17, 15) is 4.79 Å². The smallest absolute Gasteiger partial charge is 0.156 e. The molecule has 0 aliphatic carbocycles. The number of nitrogens with two attached hydrogens (primary N) is 1. The third kappa shape index (κ3) is 2.60. The maximum absolute atomic E-state index is 11.3. The number of aldehydes is 1. The van der Waals surface area contributed by atoms with Crippen LogP contribution in [0.2, 0.25) is 5.02 Å². The van der Waals surface area contributed by atoms with Gasteiger partial charge in [0.15, 0.2) is 6.29 Å². The zero-order chi connectivity index (χ0) is 14.9. The number of carbonyl (C=O) groups is 1. The van der Waals surface area contributed by atoms with E-state index in [1.807, 2.05) is 19.9 Å². The van der Waals surface area contributed by atoms with Crippen molar-refractivity contribution in [1.82, 2.24) is 9.78 Å². The van der Waals surface area contributed by atoms with Crippen LogP contribution in [0.5, 0.6) is 0 Å². The number of allylic oxidation sites excluding steroid dienone is 1. The number of carbonyl (C=O) groups excluding carboxylic acids is 1. The van der Waals surface area contributed by atoms with Crippen LogP contribution in [0.15, 0.2) is 30.4 Å². The first kappa shape index (κ1) is 14.3. The quantitative estimate of drug-likeness (QED) is 0.692. The number of nitrogen functional groups attached to an aromatic ring is 1. The minimum absolute atomic E-state index is 0.345. The molecule has 104 valence electrons. The third-order valence-corrected chi connectivity index (χ3v) is 3.26. The SMILES string of the molecule is C=C(C)Cn1nc(-c2cc(Cl)ccc2C)c(C=O)c1N. The Hall–Kier alpha value is -2.07. The average Bonchev–Trinajstić information content (AvgIpc) is 2.68. The third-order valence-electron chi connectivity index (χ3n) is 3.02. The number of halogens is 1. The fourth-order valence-electron chi connectivity index (χ4n) is 2.03. The minimum atomic E-state index is 0.345. The molecule has 0 aliphatic rings. The molecule has 2 rings (SSSR count). The van der Waals surface area contributed by atoms with Gasteiger partial charge in [0.05, 0.1) is 12.1 Å². The maximum Gasteiger partial charge on any atom is 0.156 e. The molecule has 2 aromatic rings. The number of rotatable bonds is 4. The summed E-state index contributed by atoms with van der Waals surface area (Å²) in [4.78, 5) is 11.3. The molecule has 4 nitrogen and oxygen atoms in total. The van der Waals surface area contributed by atoms with Crippen LogP contribution < -0.4 is 5.73 Å². The molecule has 0 atom stereocenters. The van der Waals surface area contributed by atoms with Crippen molar-refractivity contribution in [3.8, 4) is 11.3 Å². The van der Waals surface area contributed by atoms with Crippen LogP contribution in [0.1, 0.15) is 22.8 Å². The van der Waals surface area contributed by atoms with Crippen LogP contribution in [-0.2, 0) is 6.54 Å². The van der Waals surface area contributed by atoms with Crippen molar-refractivity contribution in [2.24, 2.45) is 0 Å². The van der Waals surface area contributed by atoms with E-state index >= 15 is 0 Å². The van der Waals surface area contributed by atoms with Gasteiger partial charge in [-0.05, 0) is 31.5 Å². The first-order valence-electron chi connectivity index (χ1n) is 6.16. The van der Waals surface area contributed by atoms with Gasteiger partial charge in [-0.3, -0.25) is 4.79 Å². The Bertz CT molecular complexity index is 689. The van der Waals surface area contributed by atoms with Gasteiger partial charge in [0.25, 0.3) is 0 Å². The molecule has 0 spiro atoms. The fraction of sp³-hybridized carbons (Fsp3) is 0.200. The zero-order valence-electron chi connectivity index (χ0n) is 11.5. The number of anilines is 1. The molecule has 1 aromatic carbocycles. The Morgan fingerprint density at radius 3 is 2.85 bits per heavy atom. The predicted octanol–water partition coefficient (Wildman–Crippen LogP) is 3.48. The second kappa shape index (κ2) is 5.51. The van der Waals surface area contributed by atoms with Crippen molar-refractivity contribution in [1.29, 1.82) is 0 Å². The molecule has 0 fully saturated rings. The molecule has 1 aromatic heterocycles. The van der Waals surface area contributed by atoms with E-state index in [2.05, 4.69) is 11.7 Å². The fourth-order valence-corrected chi connectivity index (χ4v) is 2.20. The Kier molecular flexibility index (Phi) is 3.95. The van der Waals surface area contributed by atoms with Gasteiger partial charge in [-0.2, -0.15) is 5.10 Å². The van der Waals surface area contributed by atoms with E-state index in [1.54, 1.807) is 16.8 Å². The molecule has 0 bridgehead atoms. The van der Waals surface area contributed by atoms with Crippen LogP contribution in [0, 0.1) is 6.92 Å². The van der Waals surface area contributed by atoms with E-state index < -0.39 is 0 Å². The number of nitrogens with zero attached hydrogens (tertiary/aromatic N) is 2. The van der Waals surface area contributed by atoms with E-state index in [0.717, 1.165) is 23.0 Å². The summed E-state index contributed by atoms with van der Waals surface area (Å²) in [5.74, 6) is 0.345. The van der Waals surface area contributed by atoms with E-state index in [4.69, 9.17) is 17.3 Å². The van der Waals surface area contributed by atoms with E-state index in [-0.39, 0.29) is 0 Å². The first-order valence-corrected chi connectivity index (χ1v) is 6.54. The molecule has 0 radical (unpaired) electrons. The Morgan fingerprint density at radius 2 is 2.25 bits per heavy atom. The number of aromatic nitrogens is 2. The van der Waals surface area contributed by atoms with E-state index in [0.29, 0.717) is 28.6 Å². The van der Waals surface area contributed by atoms with Crippen LogP contribution in [0.25, 0.3) is 11.3 Å². The van der Waals surface area contributed by atoms with Crippen molar-refractivity contribution in [2.45, 2.75) is 20.4 Å². The zero-order valence-corrected chi connectivity index (χ0v) is 12.2. The second-order valence-corrected chi connectivity index (χ2v) is 5.28. The highest BCUT2D eigenvalue weighted by atomic mass is 35.5. The maximum atomic E-state index is 11.3. The number of hydrogen-bond acceptors (Lipinski definition) is 3. The molecule has 20 heavy (non-hydrogen) atoms. The molecule has 2 N–H and O–H groups in total. The van der Waals surface area contributed by atoms with Gasteiger partial charge in [-0.25, -0.2) is 4.68 Å². The second-order valence-electron chi connectivity index (χ2n) is 4.84. The molecule has 1 heterocycles. The van der Waals surface area contributed by atoms with Crippen LogP contribution in [0.3, 0.4) is 0 Å². The summed E-state index contributed by atoms with van der Waals surface area (Å²) in [6.45, 7) is 8.13. The monoisotopic (exact) mass is 289 g/mol. The lowest BCUT2D eigenvalue weighted by Gasteiger charge is -2.04. The van der Waals surface area contributed by atoms with Crippen LogP contribution in [-0.4, -0.2) is 16.1 Å². The molecule has 0 amide bonds. The molecular formula is C15H16ClN3O. The minimum Gasteiger partial charge on any atom is -0.383 e. The normalized spacial score (nSPS) is 10.6. The summed E-state index contributed by atoms with van der Waals surface area (Å²) >= 11 is 6.02. The largest absolute Gasteiger partial charge is 0.383 e. The molecule has 0 aliphatic heterocycles. The summed E-state index contributed by atoms with van der Waals surface area (Å²) in [7, 11) is 0. The Balaban J connectivity index is 2.64. The van der Waals surface area contributed by atoms with Crippen molar-refractivity contribution in [3.05, 3.63) is 46.5 Å². The van der Waals surface area contributed by atoms with Crippen LogP contribution in [0.4, 0.5) is 5.82 Å². The average molecular weight is 290 g/mol. The van der Waals surface area contributed by atoms with Crippen molar-refractivity contribution in [3.63, 3.8) is 0 Å². The lowest BCUT2D eigenvalue weighted by molar-refractivity contribution is 0.112. The summed E-state index contributed by atoms with van der Waals surface area (Å²) in [5.41, 5.74) is 9.63. The van der Waals surface area contributed by atoms with Gasteiger partial charge < -0.3 is 5.73 Å². The molecule has 0 saturated carbocycles. The topological polar surface area (TPSA) is 60.9 Å². The summed E-state index contributed by atoms with van der Waals surface area (Å²) in [6.07, 6.45) is 0.729. The lowest BCUT2D eigenvalue weighted by Crippen LogP contribution is -2.05. The van der Waals surface area contributed by atoms with Gasteiger partial charge in [0.2, 0.25) is 0 Å². The highest BCUT2D eigenvalue weighted by molar-refractivity contribution is 6.30. The lowest BCUT2D eigenvalue weighted by atomic mass is 10.0. The highest BCUT2D eigenvalue weighted by Gasteiger charge is 2.18. The van der Waals surface area contributed by atoms with Gasteiger partial charge in [-0.15, -0.1) is 0 Å². The number of benzene rings is 1. The first-order chi connectivity index (χ1) is 9.43. The van der Waals surface area contributed by atoms with E-state index in [1.165, 1.54) is 0 Å². The number of aryl methyl sites for hydroxylation is 1. The summed E-state index contributed by atoms with van der Waals surface area (Å²) < 4.78 is 1.59. The summed E-state index contributed by atoms with van der Waals surface area (Å²) in [6, 6.07) is 5.48. The molecule has 5 heteroatoms. The predicted molar refractivity (Wildman–Crippen MR) is 82.0 cm³/mol. The van der Waals surface area contributed by atoms with Crippen molar-refractivity contribution < 1.29 is 4.79 Å². The van der Waals surface area contributed by atoms with Gasteiger partial charge >= 0.3 is 0 Å². The van der Waals surface area contributed by atoms with Crippen LogP contribution >= 0.6 is 11.6 Å². The molecule has 0 unspecified atom stereocenters. The van der Waals surface area contributed by atoms with Crippen molar-refractivity contribution in [2.75, 3.05) is 5.73 Å². The standard InChI is InChI=1S/C15H16ClN3O/c1-9(2)7-19-15(17)13(8-20)14(18-19)12-6-11(16)5-4-10(12)3/h4-6,8H,1,7,17H2,2-3H3. The van der Waals surface area contributed by atoms with Gasteiger partial charge in [0.1, 0.15) is 11.5 Å². The van der Waals surface area contributed by atoms with Crippen molar-refractivity contribution >= 4 is 23.7 Å². The Labute approximate surface area is 122 Å². The molecular weight excluding hydrogens is 274 g/mol. The number of hydrogen-bond donors (Lipinski definition) is 1.